The molecule has 0 spiro atoms. The molecule has 0 unspecified atom stereocenters. The molecule has 8 heteroatoms. The van der Waals surface area contributed by atoms with Gasteiger partial charge < -0.3 is 14.8 Å². The Morgan fingerprint density at radius 3 is 2.32 bits per heavy atom. The first-order chi connectivity index (χ1) is 11.9. The van der Waals surface area contributed by atoms with Crippen molar-refractivity contribution in [1.82, 2.24) is 0 Å². The van der Waals surface area contributed by atoms with Crippen molar-refractivity contribution in [2.45, 2.75) is 0 Å². The summed E-state index contributed by atoms with van der Waals surface area (Å²) in [4.78, 5) is 35.0. The van der Waals surface area contributed by atoms with Crippen LogP contribution in [0.3, 0.4) is 0 Å². The number of esters is 2. The van der Waals surface area contributed by atoms with E-state index in [9.17, 15) is 23.2 Å². The molecule has 0 radical (unpaired) electrons. The van der Waals surface area contributed by atoms with Crippen molar-refractivity contribution in [2.75, 3.05) is 19.0 Å². The quantitative estimate of drug-likeness (QED) is 0.839. The number of ether oxygens (including phenoxy) is 2. The van der Waals surface area contributed by atoms with Crippen LogP contribution in [0.4, 0.5) is 14.5 Å². The average molecular weight is 349 g/mol. The highest BCUT2D eigenvalue weighted by Crippen LogP contribution is 2.15. The van der Waals surface area contributed by atoms with Crippen LogP contribution in [0.2, 0.25) is 0 Å². The second-order valence-electron chi connectivity index (χ2n) is 4.82. The van der Waals surface area contributed by atoms with Crippen LogP contribution < -0.4 is 5.32 Å². The molecule has 0 saturated carbocycles. The smallest absolute Gasteiger partial charge is 0.338 e. The molecule has 0 aliphatic rings. The second-order valence-corrected chi connectivity index (χ2v) is 4.82. The zero-order chi connectivity index (χ0) is 18.4. The molecule has 25 heavy (non-hydrogen) atoms. The molecule has 2 aromatic rings. The maximum Gasteiger partial charge on any atom is 0.338 e. The number of anilines is 1. The molecule has 0 aromatic heterocycles. The Morgan fingerprint density at radius 2 is 1.68 bits per heavy atom. The van der Waals surface area contributed by atoms with E-state index in [0.29, 0.717) is 6.07 Å². The maximum absolute atomic E-state index is 13.4. The van der Waals surface area contributed by atoms with Crippen molar-refractivity contribution in [1.29, 1.82) is 0 Å². The SMILES string of the molecule is COC(=O)c1cccc(C(=O)OCC(=O)Nc2ccc(F)cc2F)c1. The third-order valence-corrected chi connectivity index (χ3v) is 3.06. The monoisotopic (exact) mass is 349 g/mol. The fraction of sp³-hybridized carbons (Fsp3) is 0.118. The van der Waals surface area contributed by atoms with Gasteiger partial charge in [-0.25, -0.2) is 18.4 Å². The molecule has 0 aliphatic heterocycles. The molecule has 0 atom stereocenters. The summed E-state index contributed by atoms with van der Waals surface area (Å²) in [5.41, 5.74) is -0.0476. The van der Waals surface area contributed by atoms with E-state index in [-0.39, 0.29) is 16.8 Å². The van der Waals surface area contributed by atoms with Crippen LogP contribution in [-0.4, -0.2) is 31.6 Å². The molecule has 6 nitrogen and oxygen atoms in total. The van der Waals surface area contributed by atoms with Crippen molar-refractivity contribution < 1.29 is 32.6 Å². The number of hydrogen-bond acceptors (Lipinski definition) is 5. The second kappa shape index (κ2) is 8.00. The van der Waals surface area contributed by atoms with Crippen LogP contribution in [-0.2, 0) is 14.3 Å². The summed E-state index contributed by atoms with van der Waals surface area (Å²) >= 11 is 0. The molecule has 130 valence electrons. The molecule has 0 bridgehead atoms. The fourth-order valence-electron chi connectivity index (χ4n) is 1.88. The summed E-state index contributed by atoms with van der Waals surface area (Å²) in [6.45, 7) is -0.682. The predicted octanol–water partition coefficient (Wildman–Crippen LogP) is 2.55. The van der Waals surface area contributed by atoms with Crippen LogP contribution in [0.15, 0.2) is 42.5 Å². The Labute approximate surface area is 141 Å². The Balaban J connectivity index is 1.95. The van der Waals surface area contributed by atoms with Gasteiger partial charge >= 0.3 is 11.9 Å². The minimum Gasteiger partial charge on any atom is -0.465 e. The van der Waals surface area contributed by atoms with E-state index in [1.807, 2.05) is 0 Å². The van der Waals surface area contributed by atoms with Gasteiger partial charge in [0, 0.05) is 6.07 Å². The maximum atomic E-state index is 13.4. The van der Waals surface area contributed by atoms with Gasteiger partial charge in [-0.2, -0.15) is 0 Å². The zero-order valence-electron chi connectivity index (χ0n) is 13.0. The van der Waals surface area contributed by atoms with Gasteiger partial charge in [0.05, 0.1) is 23.9 Å². The number of amides is 1. The summed E-state index contributed by atoms with van der Waals surface area (Å²) in [6.07, 6.45) is 0. The minimum absolute atomic E-state index is 0.0451. The molecular weight excluding hydrogens is 336 g/mol. The van der Waals surface area contributed by atoms with Gasteiger partial charge in [0.25, 0.3) is 5.91 Å². The highest BCUT2D eigenvalue weighted by atomic mass is 19.1. The van der Waals surface area contributed by atoms with Crippen molar-refractivity contribution >= 4 is 23.5 Å². The number of nitrogens with one attached hydrogen (secondary N) is 1. The predicted molar refractivity (Wildman–Crippen MR) is 83.1 cm³/mol. The lowest BCUT2D eigenvalue weighted by Gasteiger charge is -2.08. The molecular formula is C17H13F2NO5. The molecule has 0 fully saturated rings. The molecule has 2 rings (SSSR count). The lowest BCUT2D eigenvalue weighted by Crippen LogP contribution is -2.21. The van der Waals surface area contributed by atoms with Gasteiger partial charge in [0.1, 0.15) is 11.6 Å². The van der Waals surface area contributed by atoms with Crippen molar-refractivity contribution in [3.05, 3.63) is 65.2 Å². The number of carbonyl (C=O) groups excluding carboxylic acids is 3. The van der Waals surface area contributed by atoms with E-state index in [1.165, 1.54) is 31.4 Å². The minimum atomic E-state index is -0.953. The Kier molecular flexibility index (Phi) is 5.78. The van der Waals surface area contributed by atoms with Gasteiger partial charge in [-0.05, 0) is 30.3 Å². The standard InChI is InChI=1S/C17H13F2NO5/c1-24-16(22)10-3-2-4-11(7-10)17(23)25-9-15(21)20-14-6-5-12(18)8-13(14)19/h2-8H,9H2,1H3,(H,20,21). The van der Waals surface area contributed by atoms with Crippen LogP contribution in [0.1, 0.15) is 20.7 Å². The van der Waals surface area contributed by atoms with Crippen molar-refractivity contribution in [3.8, 4) is 0 Å². The van der Waals surface area contributed by atoms with E-state index in [1.54, 1.807) is 0 Å². The third kappa shape index (κ3) is 4.84. The Bertz CT molecular complexity index is 822. The molecule has 0 heterocycles. The summed E-state index contributed by atoms with van der Waals surface area (Å²) in [5.74, 6) is -4.01. The van der Waals surface area contributed by atoms with Gasteiger partial charge in [-0.15, -0.1) is 0 Å². The average Bonchev–Trinajstić information content (AvgIpc) is 2.61. The summed E-state index contributed by atoms with van der Waals surface area (Å²) in [6, 6.07) is 8.19. The molecule has 1 N–H and O–H groups in total. The van der Waals surface area contributed by atoms with Crippen LogP contribution in [0.25, 0.3) is 0 Å². The topological polar surface area (TPSA) is 81.7 Å². The first-order valence-electron chi connectivity index (χ1n) is 7.01. The molecule has 0 saturated heterocycles. The molecule has 2 aromatic carbocycles. The number of halogens is 2. The normalized spacial score (nSPS) is 10.0. The van der Waals surface area contributed by atoms with Crippen molar-refractivity contribution in [3.63, 3.8) is 0 Å². The highest BCUT2D eigenvalue weighted by Gasteiger charge is 2.14. The van der Waals surface area contributed by atoms with Crippen LogP contribution in [0, 0.1) is 11.6 Å². The summed E-state index contributed by atoms with van der Waals surface area (Å²) in [7, 11) is 1.20. The first kappa shape index (κ1) is 18.1. The van der Waals surface area contributed by atoms with Crippen LogP contribution in [0.5, 0.6) is 0 Å². The van der Waals surface area contributed by atoms with E-state index < -0.39 is 36.1 Å². The number of benzene rings is 2. The van der Waals surface area contributed by atoms with E-state index in [0.717, 1.165) is 12.1 Å². The molecule has 0 aliphatic carbocycles. The van der Waals surface area contributed by atoms with Crippen molar-refractivity contribution in [2.24, 2.45) is 0 Å². The van der Waals surface area contributed by atoms with Gasteiger partial charge in [-0.3, -0.25) is 4.79 Å². The number of rotatable bonds is 5. The van der Waals surface area contributed by atoms with Gasteiger partial charge in [-0.1, -0.05) is 6.07 Å². The summed E-state index contributed by atoms with van der Waals surface area (Å²) in [5, 5.41) is 2.15. The number of carbonyl (C=O) groups is 3. The van der Waals surface area contributed by atoms with Crippen LogP contribution >= 0.6 is 0 Å². The zero-order valence-corrected chi connectivity index (χ0v) is 13.0. The lowest BCUT2D eigenvalue weighted by atomic mass is 10.1. The summed E-state index contributed by atoms with van der Waals surface area (Å²) < 4.78 is 35.5. The number of hydrogen-bond donors (Lipinski definition) is 1. The van der Waals surface area contributed by atoms with Gasteiger partial charge in [0.2, 0.25) is 0 Å². The first-order valence-corrected chi connectivity index (χ1v) is 7.01. The highest BCUT2D eigenvalue weighted by molar-refractivity contribution is 5.97. The Morgan fingerprint density at radius 1 is 1.00 bits per heavy atom. The molecule has 1 amide bonds. The lowest BCUT2D eigenvalue weighted by molar-refractivity contribution is -0.119. The van der Waals surface area contributed by atoms with E-state index in [4.69, 9.17) is 4.74 Å². The third-order valence-electron chi connectivity index (χ3n) is 3.06. The largest absolute Gasteiger partial charge is 0.465 e. The van der Waals surface area contributed by atoms with E-state index >= 15 is 0 Å². The number of methoxy groups -OCH3 is 1. The fourth-order valence-corrected chi connectivity index (χ4v) is 1.88. The van der Waals surface area contributed by atoms with E-state index in [2.05, 4.69) is 10.1 Å². The Hall–Kier alpha value is -3.29. The van der Waals surface area contributed by atoms with Gasteiger partial charge in [0.15, 0.2) is 6.61 Å².